The van der Waals surface area contributed by atoms with Gasteiger partial charge >= 0.3 is 5.97 Å². The van der Waals surface area contributed by atoms with Crippen LogP contribution in [0, 0.1) is 0 Å². The summed E-state index contributed by atoms with van der Waals surface area (Å²) in [4.78, 5) is 12.7. The van der Waals surface area contributed by atoms with Crippen LogP contribution in [0.4, 0.5) is 5.69 Å². The summed E-state index contributed by atoms with van der Waals surface area (Å²) in [5.74, 6) is 0.131. The molecule has 0 bridgehead atoms. The maximum absolute atomic E-state index is 12.7. The smallest absolute Gasteiger partial charge is 0.325 e. The van der Waals surface area contributed by atoms with Gasteiger partial charge in [-0.25, -0.2) is 5.01 Å². The van der Waals surface area contributed by atoms with E-state index in [1.807, 2.05) is 37.3 Å². The number of benzene rings is 2. The second-order valence-corrected chi connectivity index (χ2v) is 6.99. The maximum Gasteiger partial charge on any atom is 0.325 e. The quantitative estimate of drug-likeness (QED) is 0.846. The Labute approximate surface area is 160 Å². The van der Waals surface area contributed by atoms with Crippen LogP contribution in [0.25, 0.3) is 5.70 Å². The minimum absolute atomic E-state index is 0.157. The van der Waals surface area contributed by atoms with Gasteiger partial charge in [0.15, 0.2) is 0 Å². The Morgan fingerprint density at radius 3 is 2.67 bits per heavy atom. The lowest BCUT2D eigenvalue weighted by atomic mass is 9.96. The number of carbonyl (C=O) groups excluding carboxylic acids is 1. The summed E-state index contributed by atoms with van der Waals surface area (Å²) >= 11 is 0. The predicted octanol–water partition coefficient (Wildman–Crippen LogP) is 3.14. The van der Waals surface area contributed by atoms with E-state index in [9.17, 15) is 4.79 Å². The number of para-hydroxylation sites is 1. The fourth-order valence-corrected chi connectivity index (χ4v) is 4.09. The summed E-state index contributed by atoms with van der Waals surface area (Å²) in [7, 11) is 0. The zero-order valence-corrected chi connectivity index (χ0v) is 15.5. The molecule has 0 saturated carbocycles. The van der Waals surface area contributed by atoms with E-state index in [1.165, 1.54) is 5.56 Å². The van der Waals surface area contributed by atoms with Gasteiger partial charge in [-0.05, 0) is 31.1 Å². The van der Waals surface area contributed by atoms with Crippen molar-refractivity contribution in [1.29, 1.82) is 0 Å². The van der Waals surface area contributed by atoms with E-state index in [-0.39, 0.29) is 17.9 Å². The normalized spacial score (nSPS) is 22.3. The molecule has 140 valence electrons. The molecule has 0 amide bonds. The first-order chi connectivity index (χ1) is 13.2. The average molecular weight is 363 g/mol. The predicted molar refractivity (Wildman–Crippen MR) is 107 cm³/mol. The van der Waals surface area contributed by atoms with E-state index < -0.39 is 0 Å². The number of hydrazine groups is 1. The lowest BCUT2D eigenvalue weighted by molar-refractivity contribution is -0.148. The van der Waals surface area contributed by atoms with Crippen molar-refractivity contribution in [2.75, 3.05) is 24.7 Å². The molecular weight excluding hydrogens is 338 g/mol. The van der Waals surface area contributed by atoms with Crippen LogP contribution in [0.1, 0.15) is 30.4 Å². The number of esters is 1. The highest BCUT2D eigenvalue weighted by molar-refractivity contribution is 5.80. The number of anilines is 1. The Balaban J connectivity index is 1.68. The highest BCUT2D eigenvalue weighted by Crippen LogP contribution is 2.38. The molecule has 0 spiro atoms. The lowest BCUT2D eigenvalue weighted by Gasteiger charge is -2.39. The van der Waals surface area contributed by atoms with E-state index in [0.717, 1.165) is 29.9 Å². The number of fused-ring (bicyclic) bond motifs is 1. The van der Waals surface area contributed by atoms with E-state index in [2.05, 4.69) is 40.3 Å². The third kappa shape index (κ3) is 3.30. The average Bonchev–Trinajstić information content (AvgIpc) is 3.15. The van der Waals surface area contributed by atoms with Gasteiger partial charge in [-0.2, -0.15) is 0 Å². The largest absolute Gasteiger partial charge is 0.465 e. The van der Waals surface area contributed by atoms with Gasteiger partial charge in [0.25, 0.3) is 0 Å². The number of hydrogen-bond acceptors (Lipinski definition) is 5. The Kier molecular flexibility index (Phi) is 4.86. The van der Waals surface area contributed by atoms with Crippen LogP contribution < -0.4 is 10.7 Å². The van der Waals surface area contributed by atoms with Gasteiger partial charge < -0.3 is 15.5 Å². The van der Waals surface area contributed by atoms with Crippen molar-refractivity contribution in [1.82, 2.24) is 5.01 Å². The second kappa shape index (κ2) is 7.45. The highest BCUT2D eigenvalue weighted by atomic mass is 16.5. The zero-order chi connectivity index (χ0) is 18.8. The van der Waals surface area contributed by atoms with E-state index in [1.54, 1.807) is 0 Å². The van der Waals surface area contributed by atoms with Crippen LogP contribution in [0.3, 0.4) is 0 Å². The molecule has 2 aliphatic heterocycles. The number of carbonyl (C=O) groups is 1. The van der Waals surface area contributed by atoms with Gasteiger partial charge in [-0.1, -0.05) is 48.5 Å². The summed E-state index contributed by atoms with van der Waals surface area (Å²) < 4.78 is 5.39. The Morgan fingerprint density at radius 2 is 1.89 bits per heavy atom. The standard InChI is InChI=1S/C22H25N3O2/c1-2-27-22(26)21-14-17(16-8-4-3-5-9-16)15-25(21)24-13-12-19(23)18-10-6-7-11-20(18)24/h3-12,17,21H,2,13-15,23H2,1H3/t17-,21+/m1/s1. The molecule has 2 aromatic carbocycles. The molecule has 0 aliphatic carbocycles. The molecule has 2 aliphatic rings. The number of nitrogens with zero attached hydrogens (tertiary/aromatic N) is 2. The number of nitrogens with two attached hydrogens (primary N) is 1. The Hall–Kier alpha value is -2.79. The van der Waals surface area contributed by atoms with Gasteiger partial charge in [-0.15, -0.1) is 0 Å². The minimum Gasteiger partial charge on any atom is -0.465 e. The Bertz CT molecular complexity index is 850. The van der Waals surface area contributed by atoms with Crippen molar-refractivity contribution < 1.29 is 9.53 Å². The van der Waals surface area contributed by atoms with Crippen molar-refractivity contribution in [3.05, 3.63) is 71.8 Å². The Morgan fingerprint density at radius 1 is 1.15 bits per heavy atom. The van der Waals surface area contributed by atoms with Crippen molar-refractivity contribution in [3.63, 3.8) is 0 Å². The van der Waals surface area contributed by atoms with Gasteiger partial charge in [-0.3, -0.25) is 4.79 Å². The molecular formula is C22H25N3O2. The fraction of sp³-hybridized carbons (Fsp3) is 0.318. The molecule has 2 atom stereocenters. The molecule has 27 heavy (non-hydrogen) atoms. The summed E-state index contributed by atoms with van der Waals surface area (Å²) in [5, 5.41) is 4.34. The zero-order valence-electron chi connectivity index (χ0n) is 15.5. The molecule has 0 unspecified atom stereocenters. The first-order valence-electron chi connectivity index (χ1n) is 9.49. The second-order valence-electron chi connectivity index (χ2n) is 6.99. The molecule has 2 aromatic rings. The van der Waals surface area contributed by atoms with Gasteiger partial charge in [0.2, 0.25) is 0 Å². The van der Waals surface area contributed by atoms with Crippen molar-refractivity contribution >= 4 is 17.4 Å². The molecule has 0 aromatic heterocycles. The van der Waals surface area contributed by atoms with E-state index >= 15 is 0 Å². The van der Waals surface area contributed by atoms with Crippen LogP contribution >= 0.6 is 0 Å². The number of hydrogen-bond donors (Lipinski definition) is 1. The van der Waals surface area contributed by atoms with Crippen LogP contribution in [-0.4, -0.2) is 36.7 Å². The molecule has 1 fully saturated rings. The first-order valence-corrected chi connectivity index (χ1v) is 9.49. The topological polar surface area (TPSA) is 58.8 Å². The molecule has 5 nitrogen and oxygen atoms in total. The van der Waals surface area contributed by atoms with Crippen LogP contribution in [0.2, 0.25) is 0 Å². The first kappa shape index (κ1) is 17.6. The third-order valence-electron chi connectivity index (χ3n) is 5.39. The molecule has 0 radical (unpaired) electrons. The summed E-state index contributed by atoms with van der Waals surface area (Å²) in [6.45, 7) is 3.67. The third-order valence-corrected chi connectivity index (χ3v) is 5.39. The van der Waals surface area contributed by atoms with Gasteiger partial charge in [0.1, 0.15) is 6.04 Å². The molecule has 2 N–H and O–H groups in total. The van der Waals surface area contributed by atoms with E-state index in [0.29, 0.717) is 13.2 Å². The highest BCUT2D eigenvalue weighted by Gasteiger charge is 2.42. The van der Waals surface area contributed by atoms with Gasteiger partial charge in [0.05, 0.1) is 18.8 Å². The molecule has 4 rings (SSSR count). The monoisotopic (exact) mass is 363 g/mol. The fourth-order valence-electron chi connectivity index (χ4n) is 4.09. The summed E-state index contributed by atoms with van der Waals surface area (Å²) in [6, 6.07) is 18.2. The van der Waals surface area contributed by atoms with Gasteiger partial charge in [0, 0.05) is 23.7 Å². The van der Waals surface area contributed by atoms with Crippen molar-refractivity contribution in [2.24, 2.45) is 5.73 Å². The molecule has 1 saturated heterocycles. The number of ether oxygens (including phenoxy) is 1. The lowest BCUT2D eigenvalue weighted by Crippen LogP contribution is -2.50. The van der Waals surface area contributed by atoms with Crippen LogP contribution in [0.5, 0.6) is 0 Å². The van der Waals surface area contributed by atoms with Crippen molar-refractivity contribution in [2.45, 2.75) is 25.3 Å². The molecule has 2 heterocycles. The SMILES string of the molecule is CCOC(=O)[C@@H]1C[C@@H](c2ccccc2)CN1N1CC=C(N)c2ccccc21. The summed E-state index contributed by atoms with van der Waals surface area (Å²) in [6.07, 6.45) is 2.76. The van der Waals surface area contributed by atoms with Crippen LogP contribution in [0.15, 0.2) is 60.7 Å². The summed E-state index contributed by atoms with van der Waals surface area (Å²) in [5.41, 5.74) is 10.3. The number of rotatable bonds is 4. The molecule has 5 heteroatoms. The maximum atomic E-state index is 12.7. The van der Waals surface area contributed by atoms with E-state index in [4.69, 9.17) is 10.5 Å². The van der Waals surface area contributed by atoms with Crippen molar-refractivity contribution in [3.8, 4) is 0 Å². The minimum atomic E-state index is -0.295. The van der Waals surface area contributed by atoms with Crippen LogP contribution in [-0.2, 0) is 9.53 Å².